The maximum atomic E-state index is 14.6. The van der Waals surface area contributed by atoms with Crippen LogP contribution in [-0.2, 0) is 0 Å². The van der Waals surface area contributed by atoms with Crippen molar-refractivity contribution in [3.63, 3.8) is 0 Å². The van der Waals surface area contributed by atoms with Crippen LogP contribution in [0.5, 0.6) is 5.75 Å². The third-order valence-electron chi connectivity index (χ3n) is 4.60. The van der Waals surface area contributed by atoms with Crippen molar-refractivity contribution in [2.45, 2.75) is 12.0 Å². The Morgan fingerprint density at radius 1 is 1.30 bits per heavy atom. The van der Waals surface area contributed by atoms with Crippen molar-refractivity contribution >= 4 is 33.8 Å². The lowest BCUT2D eigenvalue weighted by atomic mass is 10.2. The molecule has 7 nitrogen and oxygen atoms in total. The average molecular weight is 391 g/mol. The highest BCUT2D eigenvalue weighted by Crippen LogP contribution is 2.36. The van der Waals surface area contributed by atoms with Gasteiger partial charge in [0.05, 0.1) is 30.5 Å². The van der Waals surface area contributed by atoms with Crippen LogP contribution < -0.4 is 9.64 Å². The first-order valence-electron chi connectivity index (χ1n) is 8.22. The van der Waals surface area contributed by atoms with E-state index in [1.54, 1.807) is 42.9 Å². The van der Waals surface area contributed by atoms with E-state index in [-0.39, 0.29) is 11.7 Å². The van der Waals surface area contributed by atoms with Gasteiger partial charge < -0.3 is 9.64 Å². The highest BCUT2D eigenvalue weighted by molar-refractivity contribution is 6.29. The number of nitrogens with zero attached hydrogens (tertiary/aromatic N) is 5. The van der Waals surface area contributed by atoms with Crippen LogP contribution in [0.4, 0.5) is 14.5 Å². The average Bonchev–Trinajstić information content (AvgIpc) is 3.33. The molecule has 138 valence electrons. The normalized spacial score (nSPS) is 19.2. The summed E-state index contributed by atoms with van der Waals surface area (Å²) >= 11 is 6.03. The Balaban J connectivity index is 1.45. The zero-order chi connectivity index (χ0) is 18.6. The second-order valence-corrected chi connectivity index (χ2v) is 6.80. The van der Waals surface area contributed by atoms with Gasteiger partial charge in [0.1, 0.15) is 5.75 Å². The zero-order valence-electron chi connectivity index (χ0n) is 13.8. The standard InChI is InChI=1S/C17H13ClF2N6O/c18-15-6-13(16-21-3-4-26(16)24-15)25-8-14(17(19,20)9-25)27-11-2-1-10-7-22-23-12(10)5-11/h1-7,14H,8-9H2,(H,22,23). The van der Waals surface area contributed by atoms with Gasteiger partial charge in [0.2, 0.25) is 0 Å². The third-order valence-corrected chi connectivity index (χ3v) is 4.79. The SMILES string of the molecule is FC1(F)CN(c2cc(Cl)nn3ccnc23)CC1Oc1ccc2cn[nH]c2c1. The molecule has 0 bridgehead atoms. The van der Waals surface area contributed by atoms with Crippen LogP contribution in [0, 0.1) is 0 Å². The molecule has 3 aromatic heterocycles. The number of nitrogens with one attached hydrogen (secondary N) is 1. The Morgan fingerprint density at radius 3 is 3.07 bits per heavy atom. The molecule has 27 heavy (non-hydrogen) atoms. The molecule has 1 atom stereocenters. The number of imidazole rings is 1. The van der Waals surface area contributed by atoms with Gasteiger partial charge in [0, 0.05) is 29.9 Å². The fourth-order valence-electron chi connectivity index (χ4n) is 3.32. The van der Waals surface area contributed by atoms with E-state index in [0.29, 0.717) is 17.1 Å². The van der Waals surface area contributed by atoms with Crippen LogP contribution in [0.1, 0.15) is 0 Å². The molecule has 1 N–H and O–H groups in total. The van der Waals surface area contributed by atoms with Gasteiger partial charge in [0.15, 0.2) is 16.9 Å². The second kappa shape index (κ2) is 5.78. The highest BCUT2D eigenvalue weighted by atomic mass is 35.5. The minimum atomic E-state index is -3.04. The maximum Gasteiger partial charge on any atom is 0.302 e. The molecule has 0 aliphatic carbocycles. The van der Waals surface area contributed by atoms with Crippen LogP contribution in [0.25, 0.3) is 16.6 Å². The number of hydrogen-bond donors (Lipinski definition) is 1. The summed E-state index contributed by atoms with van der Waals surface area (Å²) in [6.07, 6.45) is 3.52. The van der Waals surface area contributed by atoms with Crippen LogP contribution in [-0.4, -0.2) is 49.9 Å². The molecule has 1 saturated heterocycles. The van der Waals surface area contributed by atoms with E-state index in [0.717, 1.165) is 10.9 Å². The van der Waals surface area contributed by atoms with Crippen molar-refractivity contribution in [3.05, 3.63) is 48.0 Å². The number of aromatic nitrogens is 5. The van der Waals surface area contributed by atoms with Gasteiger partial charge in [-0.1, -0.05) is 11.6 Å². The summed E-state index contributed by atoms with van der Waals surface area (Å²) < 4.78 is 36.4. The summed E-state index contributed by atoms with van der Waals surface area (Å²) in [5.74, 6) is -2.68. The van der Waals surface area contributed by atoms with Crippen molar-refractivity contribution in [1.82, 2.24) is 24.8 Å². The minimum absolute atomic E-state index is 0.00310. The van der Waals surface area contributed by atoms with Gasteiger partial charge in [0.25, 0.3) is 0 Å². The van der Waals surface area contributed by atoms with Crippen molar-refractivity contribution in [3.8, 4) is 5.75 Å². The predicted octanol–water partition coefficient (Wildman–Crippen LogP) is 3.16. The van der Waals surface area contributed by atoms with Crippen molar-refractivity contribution in [1.29, 1.82) is 0 Å². The summed E-state index contributed by atoms with van der Waals surface area (Å²) in [7, 11) is 0. The van der Waals surface area contributed by atoms with E-state index in [1.165, 1.54) is 9.42 Å². The highest BCUT2D eigenvalue weighted by Gasteiger charge is 2.50. The lowest BCUT2D eigenvalue weighted by Gasteiger charge is -2.19. The lowest BCUT2D eigenvalue weighted by molar-refractivity contribution is -0.0593. The number of fused-ring (bicyclic) bond motifs is 2. The molecule has 0 amide bonds. The number of halogens is 3. The maximum absolute atomic E-state index is 14.6. The van der Waals surface area contributed by atoms with Crippen LogP contribution in [0.2, 0.25) is 5.15 Å². The van der Waals surface area contributed by atoms with Gasteiger partial charge in [-0.25, -0.2) is 18.3 Å². The van der Waals surface area contributed by atoms with E-state index < -0.39 is 18.6 Å². The molecular formula is C17H13ClF2N6O. The fraction of sp³-hybridized carbons (Fsp3) is 0.235. The topological polar surface area (TPSA) is 71.3 Å². The lowest BCUT2D eigenvalue weighted by Crippen LogP contribution is -2.36. The summed E-state index contributed by atoms with van der Waals surface area (Å²) in [4.78, 5) is 5.72. The van der Waals surface area contributed by atoms with Gasteiger partial charge in [-0.3, -0.25) is 5.10 Å². The van der Waals surface area contributed by atoms with E-state index in [2.05, 4.69) is 20.3 Å². The molecule has 4 heterocycles. The van der Waals surface area contributed by atoms with E-state index in [4.69, 9.17) is 16.3 Å². The molecule has 0 spiro atoms. The summed E-state index contributed by atoms with van der Waals surface area (Å²) in [5.41, 5.74) is 1.69. The molecule has 1 aromatic carbocycles. The van der Waals surface area contributed by atoms with Crippen molar-refractivity contribution in [2.75, 3.05) is 18.0 Å². The van der Waals surface area contributed by atoms with E-state index in [9.17, 15) is 8.78 Å². The van der Waals surface area contributed by atoms with Crippen molar-refractivity contribution in [2.24, 2.45) is 0 Å². The first-order valence-corrected chi connectivity index (χ1v) is 8.60. The summed E-state index contributed by atoms with van der Waals surface area (Å²) in [6, 6.07) is 6.64. The monoisotopic (exact) mass is 390 g/mol. The van der Waals surface area contributed by atoms with Crippen LogP contribution >= 0.6 is 11.6 Å². The van der Waals surface area contributed by atoms with Gasteiger partial charge in [-0.15, -0.1) is 0 Å². The Labute approximate surface area is 156 Å². The molecule has 1 aliphatic rings. The molecule has 1 aliphatic heterocycles. The second-order valence-electron chi connectivity index (χ2n) is 6.41. The molecule has 1 fully saturated rings. The number of benzene rings is 1. The largest absolute Gasteiger partial charge is 0.482 e. The fourth-order valence-corrected chi connectivity index (χ4v) is 3.50. The number of H-pyrrole nitrogens is 1. The Bertz CT molecular complexity index is 1140. The zero-order valence-corrected chi connectivity index (χ0v) is 14.6. The van der Waals surface area contributed by atoms with Crippen LogP contribution in [0.3, 0.4) is 0 Å². The summed E-state index contributed by atoms with van der Waals surface area (Å²) in [5, 5.41) is 11.9. The predicted molar refractivity (Wildman–Crippen MR) is 95.7 cm³/mol. The number of anilines is 1. The van der Waals surface area contributed by atoms with E-state index >= 15 is 0 Å². The van der Waals surface area contributed by atoms with Crippen molar-refractivity contribution < 1.29 is 13.5 Å². The summed E-state index contributed by atoms with van der Waals surface area (Å²) in [6.45, 7) is -0.496. The molecule has 1 unspecified atom stereocenters. The third kappa shape index (κ3) is 2.74. The number of aromatic amines is 1. The molecular weight excluding hydrogens is 378 g/mol. The molecule has 4 aromatic rings. The first kappa shape index (κ1) is 16.2. The number of ether oxygens (including phenoxy) is 1. The Kier molecular flexibility index (Phi) is 3.48. The Morgan fingerprint density at radius 2 is 2.19 bits per heavy atom. The van der Waals surface area contributed by atoms with Crippen LogP contribution in [0.15, 0.2) is 42.9 Å². The minimum Gasteiger partial charge on any atom is -0.482 e. The van der Waals surface area contributed by atoms with Gasteiger partial charge in [-0.2, -0.15) is 10.2 Å². The smallest absolute Gasteiger partial charge is 0.302 e. The quantitative estimate of drug-likeness (QED) is 0.582. The molecule has 0 radical (unpaired) electrons. The molecule has 5 rings (SSSR count). The first-order chi connectivity index (χ1) is 13.0. The molecule has 0 saturated carbocycles. The van der Waals surface area contributed by atoms with Gasteiger partial charge in [-0.05, 0) is 12.1 Å². The Hall–Kier alpha value is -2.94. The number of hydrogen-bond acceptors (Lipinski definition) is 5. The van der Waals surface area contributed by atoms with E-state index in [1.807, 2.05) is 0 Å². The number of alkyl halides is 2. The molecule has 10 heteroatoms. The van der Waals surface area contributed by atoms with Gasteiger partial charge >= 0.3 is 5.92 Å². The number of rotatable bonds is 3.